The van der Waals surface area contributed by atoms with Crippen LogP contribution in [0.3, 0.4) is 0 Å². The van der Waals surface area contributed by atoms with Crippen LogP contribution in [0.25, 0.3) is 6.08 Å². The number of thiocarbonyl (C=S) groups is 1. The number of hydrogen-bond acceptors (Lipinski definition) is 5. The second-order valence-electron chi connectivity index (χ2n) is 6.07. The van der Waals surface area contributed by atoms with Gasteiger partial charge >= 0.3 is 0 Å². The highest BCUT2D eigenvalue weighted by Crippen LogP contribution is 2.38. The molecule has 1 heterocycles. The number of carbonyl (C=O) groups is 1. The second-order valence-corrected chi connectivity index (χ2v) is 8.91. The number of thioether (sulfide) groups is 1. The number of aryl methyl sites for hydroxylation is 2. The minimum atomic E-state index is -0.144. The van der Waals surface area contributed by atoms with Crippen molar-refractivity contribution in [2.45, 2.75) is 20.8 Å². The first kappa shape index (κ1) is 20.2. The van der Waals surface area contributed by atoms with Gasteiger partial charge in [0.2, 0.25) is 0 Å². The van der Waals surface area contributed by atoms with E-state index >= 15 is 0 Å². The van der Waals surface area contributed by atoms with Gasteiger partial charge in [-0.2, -0.15) is 0 Å². The third-order valence-corrected chi connectivity index (χ3v) is 6.32. The molecule has 0 atom stereocenters. The summed E-state index contributed by atoms with van der Waals surface area (Å²) in [4.78, 5) is 15.1. The molecule has 0 saturated carbocycles. The predicted octanol–water partition coefficient (Wildman–Crippen LogP) is 5.42. The van der Waals surface area contributed by atoms with Crippen molar-refractivity contribution in [2.75, 3.05) is 11.5 Å². The molecule has 27 heavy (non-hydrogen) atoms. The van der Waals surface area contributed by atoms with Gasteiger partial charge in [-0.3, -0.25) is 9.69 Å². The Morgan fingerprint density at radius 3 is 2.67 bits per heavy atom. The van der Waals surface area contributed by atoms with Crippen molar-refractivity contribution in [3.05, 3.63) is 55.5 Å². The van der Waals surface area contributed by atoms with Crippen molar-refractivity contribution < 1.29 is 14.6 Å². The van der Waals surface area contributed by atoms with Crippen molar-refractivity contribution in [3.8, 4) is 11.5 Å². The Morgan fingerprint density at radius 1 is 1.26 bits per heavy atom. The number of benzene rings is 2. The van der Waals surface area contributed by atoms with Gasteiger partial charge < -0.3 is 9.84 Å². The topological polar surface area (TPSA) is 49.8 Å². The lowest BCUT2D eigenvalue weighted by molar-refractivity contribution is -0.113. The zero-order chi connectivity index (χ0) is 19.7. The third kappa shape index (κ3) is 4.14. The summed E-state index contributed by atoms with van der Waals surface area (Å²) in [5, 5.41) is 10.1. The summed E-state index contributed by atoms with van der Waals surface area (Å²) < 4.78 is 6.64. The molecular weight excluding hydrogens is 493 g/mol. The van der Waals surface area contributed by atoms with Crippen molar-refractivity contribution in [3.63, 3.8) is 0 Å². The number of aromatic hydroxyl groups is 1. The van der Waals surface area contributed by atoms with E-state index in [-0.39, 0.29) is 11.7 Å². The van der Waals surface area contributed by atoms with E-state index in [4.69, 9.17) is 17.0 Å². The molecule has 1 fully saturated rings. The number of phenolic OH excluding ortho intramolecular Hbond substituents is 1. The number of halogens is 1. The third-order valence-electron chi connectivity index (χ3n) is 4.19. The molecular formula is C20H18INO3S2. The summed E-state index contributed by atoms with van der Waals surface area (Å²) >= 11 is 8.76. The van der Waals surface area contributed by atoms with Gasteiger partial charge in [0.15, 0.2) is 15.8 Å². The Morgan fingerprint density at radius 2 is 2.00 bits per heavy atom. The Bertz CT molecular complexity index is 972. The summed E-state index contributed by atoms with van der Waals surface area (Å²) in [7, 11) is 0. The summed E-state index contributed by atoms with van der Waals surface area (Å²) in [5.41, 5.74) is 3.84. The maximum atomic E-state index is 12.9. The van der Waals surface area contributed by atoms with Crippen molar-refractivity contribution in [1.82, 2.24) is 0 Å². The normalized spacial score (nSPS) is 15.7. The highest BCUT2D eigenvalue weighted by Gasteiger charge is 2.33. The average molecular weight is 511 g/mol. The molecule has 3 rings (SSSR count). The molecule has 0 bridgehead atoms. The first-order chi connectivity index (χ1) is 12.8. The summed E-state index contributed by atoms with van der Waals surface area (Å²) in [6.07, 6.45) is 1.78. The minimum Gasteiger partial charge on any atom is -0.504 e. The van der Waals surface area contributed by atoms with Crippen LogP contribution in [-0.4, -0.2) is 21.9 Å². The largest absolute Gasteiger partial charge is 0.504 e. The molecule has 2 aromatic rings. The molecule has 1 saturated heterocycles. The number of ether oxygens (including phenoxy) is 1. The van der Waals surface area contributed by atoms with Crippen LogP contribution < -0.4 is 9.64 Å². The molecule has 1 aliphatic rings. The van der Waals surface area contributed by atoms with Gasteiger partial charge in [-0.05, 0) is 90.4 Å². The second kappa shape index (κ2) is 8.20. The van der Waals surface area contributed by atoms with Gasteiger partial charge in [0.1, 0.15) is 0 Å². The number of amides is 1. The first-order valence-electron chi connectivity index (χ1n) is 8.32. The zero-order valence-electron chi connectivity index (χ0n) is 15.1. The van der Waals surface area contributed by atoms with Crippen LogP contribution in [-0.2, 0) is 4.79 Å². The van der Waals surface area contributed by atoms with Gasteiger partial charge in [-0.25, -0.2) is 0 Å². The SMILES string of the molecule is CCOc1cc(C=C2SC(=S)N(c3ccc(C)c(C)c3)C2=O)cc(I)c1O. The number of rotatable bonds is 4. The minimum absolute atomic E-state index is 0.109. The molecule has 0 unspecified atom stereocenters. The van der Waals surface area contributed by atoms with E-state index in [9.17, 15) is 9.90 Å². The van der Waals surface area contributed by atoms with Crippen LogP contribution >= 0.6 is 46.6 Å². The fraction of sp³-hybridized carbons (Fsp3) is 0.200. The zero-order valence-corrected chi connectivity index (χ0v) is 18.9. The van der Waals surface area contributed by atoms with Crippen LogP contribution in [0.2, 0.25) is 0 Å². The molecule has 140 valence electrons. The average Bonchev–Trinajstić information content (AvgIpc) is 2.89. The van der Waals surface area contributed by atoms with E-state index in [2.05, 4.69) is 0 Å². The molecule has 7 heteroatoms. The Balaban J connectivity index is 1.96. The molecule has 0 radical (unpaired) electrons. The van der Waals surface area contributed by atoms with Crippen LogP contribution in [0, 0.1) is 17.4 Å². The molecule has 0 aromatic heterocycles. The standard InChI is InChI=1S/C20H18INO3S2/c1-4-25-16-9-13(8-15(21)18(16)23)10-17-19(24)22(20(26)27-17)14-6-5-11(2)12(3)7-14/h5-10,23H,4H2,1-3H3. The van der Waals surface area contributed by atoms with E-state index in [1.165, 1.54) is 17.3 Å². The van der Waals surface area contributed by atoms with Gasteiger partial charge in [0, 0.05) is 0 Å². The van der Waals surface area contributed by atoms with Crippen LogP contribution in [0.1, 0.15) is 23.6 Å². The summed E-state index contributed by atoms with van der Waals surface area (Å²) in [5.74, 6) is 0.367. The Labute approximate surface area is 181 Å². The van der Waals surface area contributed by atoms with E-state index in [1.807, 2.05) is 61.6 Å². The van der Waals surface area contributed by atoms with Gasteiger partial charge in [0.25, 0.3) is 5.91 Å². The Hall–Kier alpha value is -1.58. The molecule has 0 aliphatic carbocycles. The fourth-order valence-corrected chi connectivity index (χ4v) is 4.57. The number of anilines is 1. The molecule has 0 spiro atoms. The number of phenols is 1. The van der Waals surface area contributed by atoms with Crippen LogP contribution in [0.5, 0.6) is 11.5 Å². The monoisotopic (exact) mass is 511 g/mol. The number of nitrogens with zero attached hydrogens (tertiary/aromatic N) is 1. The maximum absolute atomic E-state index is 12.9. The van der Waals surface area contributed by atoms with Crippen molar-refractivity contribution in [1.29, 1.82) is 0 Å². The van der Waals surface area contributed by atoms with Gasteiger partial charge in [0.05, 0.1) is 20.8 Å². The predicted molar refractivity (Wildman–Crippen MR) is 124 cm³/mol. The van der Waals surface area contributed by atoms with Gasteiger partial charge in [-0.15, -0.1) is 0 Å². The smallest absolute Gasteiger partial charge is 0.270 e. The lowest BCUT2D eigenvalue weighted by Gasteiger charge is -2.16. The molecule has 2 aromatic carbocycles. The molecule has 1 aliphatic heterocycles. The fourth-order valence-electron chi connectivity index (χ4n) is 2.65. The van der Waals surface area contributed by atoms with Gasteiger partial charge in [-0.1, -0.05) is 30.0 Å². The lowest BCUT2D eigenvalue weighted by Crippen LogP contribution is -2.27. The molecule has 4 nitrogen and oxygen atoms in total. The van der Waals surface area contributed by atoms with Crippen molar-refractivity contribution in [2.24, 2.45) is 0 Å². The highest BCUT2D eigenvalue weighted by atomic mass is 127. The quantitative estimate of drug-likeness (QED) is 0.338. The molecule has 1 N–H and O–H groups in total. The van der Waals surface area contributed by atoms with E-state index in [0.29, 0.717) is 25.2 Å². The molecule has 1 amide bonds. The number of hydrogen-bond donors (Lipinski definition) is 1. The first-order valence-corrected chi connectivity index (χ1v) is 10.6. The van der Waals surface area contributed by atoms with Crippen molar-refractivity contribution >= 4 is 68.6 Å². The van der Waals surface area contributed by atoms with E-state index in [1.54, 1.807) is 23.1 Å². The summed E-state index contributed by atoms with van der Waals surface area (Å²) in [6, 6.07) is 9.40. The van der Waals surface area contributed by atoms with Crippen LogP contribution in [0.15, 0.2) is 35.2 Å². The lowest BCUT2D eigenvalue weighted by atomic mass is 10.1. The number of carbonyl (C=O) groups excluding carboxylic acids is 1. The summed E-state index contributed by atoms with van der Waals surface area (Å²) in [6.45, 7) is 6.35. The van der Waals surface area contributed by atoms with Crippen LogP contribution in [0.4, 0.5) is 5.69 Å². The Kier molecular flexibility index (Phi) is 6.12. The highest BCUT2D eigenvalue weighted by molar-refractivity contribution is 14.1. The maximum Gasteiger partial charge on any atom is 0.270 e. The van der Waals surface area contributed by atoms with E-state index < -0.39 is 0 Å². The van der Waals surface area contributed by atoms with E-state index in [0.717, 1.165) is 16.8 Å².